The number of rotatable bonds is 16. The van der Waals surface area contributed by atoms with E-state index in [1.54, 1.807) is 0 Å². The van der Waals surface area contributed by atoms with Crippen LogP contribution in [0.2, 0.25) is 0 Å². The van der Waals surface area contributed by atoms with Gasteiger partial charge < -0.3 is 18.3 Å². The molecule has 10 nitrogen and oxygen atoms in total. The van der Waals surface area contributed by atoms with Crippen LogP contribution in [0.1, 0.15) is 61.5 Å². The van der Waals surface area contributed by atoms with Gasteiger partial charge in [0.05, 0.1) is 113 Å². The molecule has 0 atom stereocenters. The van der Waals surface area contributed by atoms with Crippen LogP contribution in [0.15, 0.2) is 394 Å². The summed E-state index contributed by atoms with van der Waals surface area (Å²) in [4.78, 5) is 22.5. The van der Waals surface area contributed by atoms with E-state index in [0.717, 1.165) is 244 Å². The largest absolute Gasteiger partial charge is 0.308 e. The molecule has 0 aliphatic heterocycles. The maximum Gasteiger partial charge on any atom is 0.164 e. The van der Waals surface area contributed by atoms with Gasteiger partial charge in [-0.1, -0.05) is 297 Å². The van der Waals surface area contributed by atoms with Gasteiger partial charge in [-0.25, -0.2) is 19.9 Å². The summed E-state index contributed by atoms with van der Waals surface area (Å²) in [5, 5.41) is 32.2. The van der Waals surface area contributed by atoms with Crippen molar-refractivity contribution in [1.29, 1.82) is 10.5 Å². The van der Waals surface area contributed by atoms with E-state index in [4.69, 9.17) is 19.9 Å². The van der Waals surface area contributed by atoms with Crippen LogP contribution in [0.3, 0.4) is 0 Å². The fraction of sp³-hybridized carbons (Fsp3) is 0.0635. The lowest BCUT2D eigenvalue weighted by atomic mass is 9.88. The number of para-hydroxylation sites is 2. The number of hydrogen-bond acceptors (Lipinski definition) is 6. The first-order chi connectivity index (χ1) is 66.7. The molecule has 18 aromatic carbocycles. The molecular formula is C126H88N10. The zero-order valence-corrected chi connectivity index (χ0v) is 76.2. The van der Waals surface area contributed by atoms with E-state index < -0.39 is 0 Å². The Bertz CT molecular complexity index is 9020. The normalized spacial score (nSPS) is 11.7. The molecule has 0 amide bonds. The minimum absolute atomic E-state index is 0.460. The van der Waals surface area contributed by atoms with Crippen molar-refractivity contribution >= 4 is 87.2 Å². The first-order valence-electron chi connectivity index (χ1n) is 46.4. The van der Waals surface area contributed by atoms with Gasteiger partial charge in [0.25, 0.3) is 0 Å². The minimum Gasteiger partial charge on any atom is -0.308 e. The average molecular weight is 1740 g/mol. The predicted molar refractivity (Wildman–Crippen MR) is 561 cm³/mol. The van der Waals surface area contributed by atoms with Gasteiger partial charge in [-0.05, 0) is 258 Å². The van der Waals surface area contributed by atoms with Gasteiger partial charge in [-0.3, -0.25) is 0 Å². The number of aromatic nitrogens is 8. The standard InChI is InChI=1S/C126H88N10/c1-76-28-26-38-88(60-76)90-48-53-102-100-44-22-24-46-110(100)135(116(102)71-90)120-66-85(75-128)67-121(123(120)125-129-81(6)61-82(7)130-125)136-111-47-25-23-45-101(111)103-54-49-91(72-117(103)136)89-39-27-33-83(62-89)63-106-99(98-43-21-17-32-80(98)5)55-59-115-122(106)107-70-94(97-42-20-16-31-79(97)4)52-58-114(107)134(115)119-65-84(74-127)64-118(124(119)126-131-108(86-34-10-8-11-35-86)73-109(132-126)87-36-12-9-13-37-87)133-112-56-50-92(95-40-18-14-29-77(95)2)68-104(112)105-69-93(51-57-113(105)133)96-41-19-15-30-78(96)3/h8-62,64-73H,63H2,1-7H3. The topological polar surface area (TPSA) is 119 Å². The lowest BCUT2D eigenvalue weighted by molar-refractivity contribution is 1.04. The van der Waals surface area contributed by atoms with E-state index in [0.29, 0.717) is 29.2 Å². The molecule has 6 aromatic heterocycles. The Balaban J connectivity index is 0.752. The highest BCUT2D eigenvalue weighted by molar-refractivity contribution is 6.18. The van der Waals surface area contributed by atoms with Crippen LogP contribution in [0, 0.1) is 71.1 Å². The van der Waals surface area contributed by atoms with Crippen molar-refractivity contribution in [3.63, 3.8) is 0 Å². The van der Waals surface area contributed by atoms with Crippen LogP contribution in [0.4, 0.5) is 0 Å². The molecule has 0 spiro atoms. The number of benzene rings is 18. The SMILES string of the molecule is Cc1cccc(-c2ccc3c4ccccc4n(-c4cc(C#N)cc(-n5c6ccccc6c6ccc(-c7cccc(Cc8c(-c9ccccc9C)ccc9c8c8cc(-c%10ccccc%10C)ccc8n9-c8cc(C#N)cc(-n9c%10ccc(-c%11ccccc%11C)cc%10c%10cc(-c%11ccccc%11C)ccc%109)c8-c8nc(-c9ccccc9)cc(-c9ccccc9)n8)c7)cc65)c4-c4nc(C)cc(C)n4)c3c2)c1. The highest BCUT2D eigenvalue weighted by Crippen LogP contribution is 2.51. The van der Waals surface area contributed by atoms with Crippen LogP contribution in [-0.2, 0) is 6.42 Å². The lowest BCUT2D eigenvalue weighted by Gasteiger charge is -2.21. The Morgan fingerprint density at radius 3 is 1.07 bits per heavy atom. The second-order valence-corrected chi connectivity index (χ2v) is 36.2. The first-order valence-corrected chi connectivity index (χ1v) is 46.4. The van der Waals surface area contributed by atoms with Gasteiger partial charge in [-0.2, -0.15) is 10.5 Å². The van der Waals surface area contributed by atoms with E-state index in [1.807, 2.05) is 44.2 Å². The molecule has 0 radical (unpaired) electrons. The second-order valence-electron chi connectivity index (χ2n) is 36.2. The molecule has 24 aromatic rings. The molecular weight excluding hydrogens is 1650 g/mol. The molecule has 24 rings (SSSR count). The molecule has 0 unspecified atom stereocenters. The van der Waals surface area contributed by atoms with Crippen molar-refractivity contribution in [3.8, 4) is 147 Å². The van der Waals surface area contributed by atoms with E-state index in [9.17, 15) is 10.5 Å². The van der Waals surface area contributed by atoms with Crippen molar-refractivity contribution in [1.82, 2.24) is 38.2 Å². The third kappa shape index (κ3) is 13.8. The number of hydrogen-bond donors (Lipinski definition) is 0. The smallest absolute Gasteiger partial charge is 0.164 e. The van der Waals surface area contributed by atoms with Gasteiger partial charge in [0, 0.05) is 65.6 Å². The van der Waals surface area contributed by atoms with E-state index in [1.165, 1.54) is 16.7 Å². The number of nitriles is 2. The summed E-state index contributed by atoms with van der Waals surface area (Å²) in [5.74, 6) is 1.04. The Morgan fingerprint density at radius 1 is 0.235 bits per heavy atom. The van der Waals surface area contributed by atoms with Crippen LogP contribution >= 0.6 is 0 Å². The summed E-state index contributed by atoms with van der Waals surface area (Å²) in [6.07, 6.45) is 0.513. The molecule has 6 heterocycles. The fourth-order valence-electron chi connectivity index (χ4n) is 21.4. The zero-order chi connectivity index (χ0) is 91.7. The molecule has 10 heteroatoms. The monoisotopic (exact) mass is 1740 g/mol. The third-order valence-corrected chi connectivity index (χ3v) is 27.7. The summed E-state index contributed by atoms with van der Waals surface area (Å²) in [6.45, 7) is 15.0. The molecule has 0 N–H and O–H groups in total. The third-order valence-electron chi connectivity index (χ3n) is 27.7. The van der Waals surface area contributed by atoms with Crippen molar-refractivity contribution in [3.05, 3.63) is 456 Å². The number of aryl methyl sites for hydroxylation is 7. The van der Waals surface area contributed by atoms with Gasteiger partial charge in [0.2, 0.25) is 0 Å². The summed E-state index contributed by atoms with van der Waals surface area (Å²) in [7, 11) is 0. The molecule has 0 saturated heterocycles. The Kier molecular flexibility index (Phi) is 19.8. The molecule has 0 aliphatic rings. The van der Waals surface area contributed by atoms with Crippen molar-refractivity contribution in [2.24, 2.45) is 0 Å². The fourth-order valence-corrected chi connectivity index (χ4v) is 21.4. The summed E-state index contributed by atoms with van der Waals surface area (Å²) in [6, 6.07) is 147. The number of nitrogens with zero attached hydrogens (tertiary/aromatic N) is 10. The quantitative estimate of drug-likeness (QED) is 0.0951. The van der Waals surface area contributed by atoms with Crippen LogP contribution in [0.5, 0.6) is 0 Å². The molecule has 0 aliphatic carbocycles. The van der Waals surface area contributed by atoms with Gasteiger partial charge in [0.15, 0.2) is 11.6 Å². The summed E-state index contributed by atoms with van der Waals surface area (Å²) >= 11 is 0. The summed E-state index contributed by atoms with van der Waals surface area (Å²) < 4.78 is 9.48. The lowest BCUT2D eigenvalue weighted by Crippen LogP contribution is -2.08. The van der Waals surface area contributed by atoms with Crippen LogP contribution in [0.25, 0.3) is 222 Å². The molecule has 0 bridgehead atoms. The molecule has 642 valence electrons. The Morgan fingerprint density at radius 2 is 0.596 bits per heavy atom. The van der Waals surface area contributed by atoms with Gasteiger partial charge >= 0.3 is 0 Å². The maximum absolute atomic E-state index is 12.1. The molecule has 136 heavy (non-hydrogen) atoms. The summed E-state index contributed by atoms with van der Waals surface area (Å²) in [5.41, 5.74) is 39.6. The van der Waals surface area contributed by atoms with E-state index >= 15 is 0 Å². The highest BCUT2D eigenvalue weighted by atomic mass is 15.1. The molecule has 0 saturated carbocycles. The van der Waals surface area contributed by atoms with Crippen molar-refractivity contribution in [2.75, 3.05) is 0 Å². The first kappa shape index (κ1) is 81.5. The van der Waals surface area contributed by atoms with Crippen LogP contribution < -0.4 is 0 Å². The predicted octanol–water partition coefficient (Wildman–Crippen LogP) is 31.8. The Labute approximate surface area is 788 Å². The van der Waals surface area contributed by atoms with Crippen molar-refractivity contribution < 1.29 is 0 Å². The maximum atomic E-state index is 12.1. The zero-order valence-electron chi connectivity index (χ0n) is 76.2. The minimum atomic E-state index is 0.460. The Hall–Kier alpha value is -17.7. The van der Waals surface area contributed by atoms with Gasteiger partial charge in [-0.15, -0.1) is 0 Å². The highest BCUT2D eigenvalue weighted by Gasteiger charge is 2.32. The second kappa shape index (κ2) is 33.0. The molecule has 0 fully saturated rings. The van der Waals surface area contributed by atoms with Crippen molar-refractivity contribution in [2.45, 2.75) is 54.9 Å². The van der Waals surface area contributed by atoms with E-state index in [2.05, 4.69) is 429 Å². The number of fused-ring (bicyclic) bond motifs is 12. The van der Waals surface area contributed by atoms with E-state index in [-0.39, 0.29) is 0 Å². The average Bonchev–Trinajstić information content (AvgIpc) is 1.55. The van der Waals surface area contributed by atoms with Gasteiger partial charge in [0.1, 0.15) is 0 Å². The van der Waals surface area contributed by atoms with Crippen LogP contribution in [-0.4, -0.2) is 38.2 Å².